The van der Waals surface area contributed by atoms with Crippen LogP contribution in [0, 0.1) is 17.0 Å². The molecule has 4 aromatic rings. The van der Waals surface area contributed by atoms with Crippen LogP contribution in [0.2, 0.25) is 10.0 Å². The molecule has 0 unspecified atom stereocenters. The molecule has 1 N–H and O–H groups in total. The van der Waals surface area contributed by atoms with Crippen molar-refractivity contribution in [3.05, 3.63) is 104 Å². The number of aromatic nitrogens is 2. The molecule has 11 heteroatoms. The minimum absolute atomic E-state index is 0.0294. The number of furan rings is 1. The van der Waals surface area contributed by atoms with E-state index >= 15 is 0 Å². The van der Waals surface area contributed by atoms with Crippen LogP contribution in [0.3, 0.4) is 0 Å². The van der Waals surface area contributed by atoms with E-state index in [1.165, 1.54) is 30.3 Å². The molecule has 0 bridgehead atoms. The van der Waals surface area contributed by atoms with Gasteiger partial charge in [0.25, 0.3) is 11.6 Å². The molecule has 0 aliphatic carbocycles. The molecule has 0 aliphatic rings. The number of ether oxygens (including phenoxy) is 1. The molecule has 0 spiro atoms. The number of hydrogen-bond donors (Lipinski definition) is 1. The first-order valence-electron chi connectivity index (χ1n) is 10.0. The van der Waals surface area contributed by atoms with Crippen LogP contribution >= 0.6 is 23.2 Å². The van der Waals surface area contributed by atoms with E-state index in [-0.39, 0.29) is 18.1 Å². The quantitative estimate of drug-likeness (QED) is 0.238. The summed E-state index contributed by atoms with van der Waals surface area (Å²) in [7, 11) is 0. The monoisotopic (exact) mass is 500 g/mol. The summed E-state index contributed by atoms with van der Waals surface area (Å²) in [6.45, 7) is 2.34. The Labute approximate surface area is 204 Å². The second-order valence-electron chi connectivity index (χ2n) is 7.32. The van der Waals surface area contributed by atoms with Gasteiger partial charge < -0.3 is 14.5 Å². The molecule has 2 aromatic heterocycles. The SMILES string of the molecule is Cc1cc(NC(=O)c2ccc(COc3ccc([N+](=O)[O-])cc3)o2)nn1Cc1ccc(Cl)cc1Cl. The average molecular weight is 501 g/mol. The maximum atomic E-state index is 12.6. The Kier molecular flexibility index (Phi) is 6.85. The van der Waals surface area contributed by atoms with Crippen LogP contribution in [0.5, 0.6) is 5.75 Å². The van der Waals surface area contributed by atoms with Gasteiger partial charge in [0.2, 0.25) is 0 Å². The maximum Gasteiger partial charge on any atom is 0.292 e. The van der Waals surface area contributed by atoms with E-state index < -0.39 is 10.8 Å². The molecule has 2 aromatic carbocycles. The maximum absolute atomic E-state index is 12.6. The van der Waals surface area contributed by atoms with Crippen molar-refractivity contribution in [2.45, 2.75) is 20.1 Å². The second kappa shape index (κ2) is 9.98. The Bertz CT molecular complexity index is 1350. The Morgan fingerprint density at radius 1 is 1.15 bits per heavy atom. The number of rotatable bonds is 8. The largest absolute Gasteiger partial charge is 0.486 e. The lowest BCUT2D eigenvalue weighted by molar-refractivity contribution is -0.384. The topological polar surface area (TPSA) is 112 Å². The fourth-order valence-corrected chi connectivity index (χ4v) is 3.58. The molecule has 0 fully saturated rings. The molecule has 2 heterocycles. The van der Waals surface area contributed by atoms with E-state index in [2.05, 4.69) is 10.4 Å². The zero-order valence-corrected chi connectivity index (χ0v) is 19.3. The first kappa shape index (κ1) is 23.3. The number of non-ortho nitro benzene ring substituents is 1. The van der Waals surface area contributed by atoms with Crippen molar-refractivity contribution in [2.24, 2.45) is 0 Å². The number of aryl methyl sites for hydroxylation is 1. The molecule has 0 atom stereocenters. The van der Waals surface area contributed by atoms with E-state index in [1.807, 2.05) is 13.0 Å². The number of carbonyl (C=O) groups is 1. The van der Waals surface area contributed by atoms with Crippen molar-refractivity contribution in [1.82, 2.24) is 9.78 Å². The highest BCUT2D eigenvalue weighted by Crippen LogP contribution is 2.23. The highest BCUT2D eigenvalue weighted by molar-refractivity contribution is 6.35. The third kappa shape index (κ3) is 5.56. The van der Waals surface area contributed by atoms with E-state index in [0.717, 1.165) is 11.3 Å². The lowest BCUT2D eigenvalue weighted by atomic mass is 10.2. The molecule has 0 aliphatic heterocycles. The van der Waals surface area contributed by atoms with Crippen LogP contribution in [0.1, 0.15) is 27.6 Å². The molecular weight excluding hydrogens is 483 g/mol. The predicted molar refractivity (Wildman–Crippen MR) is 127 cm³/mol. The number of carbonyl (C=O) groups excluding carboxylic acids is 1. The van der Waals surface area contributed by atoms with Gasteiger partial charge >= 0.3 is 0 Å². The zero-order chi connectivity index (χ0) is 24.2. The molecule has 9 nitrogen and oxygen atoms in total. The highest BCUT2D eigenvalue weighted by Gasteiger charge is 2.15. The average Bonchev–Trinajstić information content (AvgIpc) is 3.41. The number of nitrogens with zero attached hydrogens (tertiary/aromatic N) is 3. The smallest absolute Gasteiger partial charge is 0.292 e. The number of amides is 1. The predicted octanol–water partition coefficient (Wildman–Crippen LogP) is 5.88. The summed E-state index contributed by atoms with van der Waals surface area (Å²) in [5, 5.41) is 18.9. The van der Waals surface area contributed by atoms with Gasteiger partial charge in [0.1, 0.15) is 18.1 Å². The number of hydrogen-bond acceptors (Lipinski definition) is 6. The second-order valence-corrected chi connectivity index (χ2v) is 8.17. The van der Waals surface area contributed by atoms with Crippen LogP contribution in [0.4, 0.5) is 11.5 Å². The normalized spacial score (nSPS) is 10.8. The van der Waals surface area contributed by atoms with Crippen molar-refractivity contribution in [2.75, 3.05) is 5.32 Å². The van der Waals surface area contributed by atoms with Crippen LogP contribution in [-0.4, -0.2) is 20.6 Å². The van der Waals surface area contributed by atoms with Crippen molar-refractivity contribution < 1.29 is 18.9 Å². The molecule has 0 saturated carbocycles. The number of anilines is 1. The van der Waals surface area contributed by atoms with Crippen molar-refractivity contribution in [1.29, 1.82) is 0 Å². The van der Waals surface area contributed by atoms with Gasteiger partial charge in [0.05, 0.1) is 11.5 Å². The van der Waals surface area contributed by atoms with E-state index in [1.54, 1.807) is 28.9 Å². The number of nitro groups is 1. The first-order chi connectivity index (χ1) is 16.3. The Hall–Kier alpha value is -3.82. The molecule has 4 rings (SSSR count). The van der Waals surface area contributed by atoms with Gasteiger partial charge in [-0.05, 0) is 48.9 Å². The summed E-state index contributed by atoms with van der Waals surface area (Å²) in [6, 6.07) is 15.8. The Morgan fingerprint density at radius 3 is 2.62 bits per heavy atom. The van der Waals surface area contributed by atoms with Crippen LogP contribution in [0.25, 0.3) is 0 Å². The standard InChI is InChI=1S/C23H18Cl2N4O5/c1-14-10-22(27-28(14)12-15-2-3-16(24)11-20(15)25)26-23(30)21-9-8-19(34-21)13-33-18-6-4-17(5-7-18)29(31)32/h2-11H,12-13H2,1H3,(H,26,27,30). The number of nitro benzene ring substituents is 1. The zero-order valence-electron chi connectivity index (χ0n) is 17.8. The van der Waals surface area contributed by atoms with Crippen molar-refractivity contribution in [3.8, 4) is 5.75 Å². The minimum atomic E-state index is -0.488. The van der Waals surface area contributed by atoms with Crippen LogP contribution in [0.15, 0.2) is 65.1 Å². The lowest BCUT2D eigenvalue weighted by Gasteiger charge is -2.07. The first-order valence-corrected chi connectivity index (χ1v) is 10.8. The summed E-state index contributed by atoms with van der Waals surface area (Å²) in [6.07, 6.45) is 0. The number of halogens is 2. The molecular formula is C23H18Cl2N4O5. The van der Waals surface area contributed by atoms with E-state index in [9.17, 15) is 14.9 Å². The third-order valence-corrected chi connectivity index (χ3v) is 5.46. The van der Waals surface area contributed by atoms with Gasteiger partial charge in [0, 0.05) is 33.9 Å². The van der Waals surface area contributed by atoms with Gasteiger partial charge in [-0.3, -0.25) is 19.6 Å². The molecule has 0 saturated heterocycles. The van der Waals surface area contributed by atoms with Gasteiger partial charge in [-0.2, -0.15) is 5.10 Å². The molecule has 174 valence electrons. The minimum Gasteiger partial charge on any atom is -0.486 e. The third-order valence-electron chi connectivity index (χ3n) is 4.87. The highest BCUT2D eigenvalue weighted by atomic mass is 35.5. The lowest BCUT2D eigenvalue weighted by Crippen LogP contribution is -2.12. The molecule has 0 radical (unpaired) electrons. The van der Waals surface area contributed by atoms with Crippen LogP contribution in [-0.2, 0) is 13.2 Å². The van der Waals surface area contributed by atoms with Gasteiger partial charge in [0.15, 0.2) is 11.6 Å². The van der Waals surface area contributed by atoms with E-state index in [4.69, 9.17) is 32.4 Å². The number of benzene rings is 2. The van der Waals surface area contributed by atoms with E-state index in [0.29, 0.717) is 33.9 Å². The fraction of sp³-hybridized carbons (Fsp3) is 0.130. The molecule has 34 heavy (non-hydrogen) atoms. The Balaban J connectivity index is 1.36. The number of nitrogens with one attached hydrogen (secondary N) is 1. The molecule has 1 amide bonds. The summed E-state index contributed by atoms with van der Waals surface area (Å²) in [5.41, 5.74) is 1.65. The summed E-state index contributed by atoms with van der Waals surface area (Å²) >= 11 is 12.2. The summed E-state index contributed by atoms with van der Waals surface area (Å²) in [4.78, 5) is 22.8. The van der Waals surface area contributed by atoms with Gasteiger partial charge in [-0.15, -0.1) is 0 Å². The Morgan fingerprint density at radius 2 is 1.91 bits per heavy atom. The van der Waals surface area contributed by atoms with Crippen molar-refractivity contribution in [3.63, 3.8) is 0 Å². The van der Waals surface area contributed by atoms with Crippen molar-refractivity contribution >= 4 is 40.6 Å². The van der Waals surface area contributed by atoms with Gasteiger partial charge in [-0.1, -0.05) is 29.3 Å². The fourth-order valence-electron chi connectivity index (χ4n) is 3.12. The summed E-state index contributed by atoms with van der Waals surface area (Å²) < 4.78 is 12.8. The van der Waals surface area contributed by atoms with Gasteiger partial charge in [-0.25, -0.2) is 0 Å². The van der Waals surface area contributed by atoms with Crippen LogP contribution < -0.4 is 10.1 Å². The summed E-state index contributed by atoms with van der Waals surface area (Å²) in [5.74, 6) is 0.857.